The average Bonchev–Trinajstić information content (AvgIpc) is 3.13. The number of thiazole rings is 1. The van der Waals surface area contributed by atoms with Gasteiger partial charge in [0, 0.05) is 43.5 Å². The normalized spacial score (nSPS) is 19.5. The minimum absolute atomic E-state index is 0.106. The Morgan fingerprint density at radius 1 is 1.17 bits per heavy atom. The summed E-state index contributed by atoms with van der Waals surface area (Å²) in [7, 11) is 2.13. The first-order valence-corrected chi connectivity index (χ1v) is 8.51. The minimum Gasteiger partial charge on any atom is -0.492 e. The van der Waals surface area contributed by atoms with Gasteiger partial charge in [-0.15, -0.1) is 0 Å². The summed E-state index contributed by atoms with van der Waals surface area (Å²) < 4.78 is 0. The van der Waals surface area contributed by atoms with Crippen molar-refractivity contribution in [2.24, 2.45) is 4.99 Å². The van der Waals surface area contributed by atoms with Crippen LogP contribution in [0.15, 0.2) is 29.3 Å². The van der Waals surface area contributed by atoms with Crippen molar-refractivity contribution in [1.29, 1.82) is 0 Å². The Labute approximate surface area is 139 Å². The summed E-state index contributed by atoms with van der Waals surface area (Å²) in [5.74, 6) is 0.106. The first-order chi connectivity index (χ1) is 11.2. The van der Waals surface area contributed by atoms with Crippen LogP contribution < -0.4 is 4.90 Å². The number of fused-ring (bicyclic) bond motifs is 1. The van der Waals surface area contributed by atoms with Crippen LogP contribution >= 0.6 is 11.3 Å². The predicted octanol–water partition coefficient (Wildman–Crippen LogP) is 2.86. The van der Waals surface area contributed by atoms with Crippen LogP contribution in [0.3, 0.4) is 0 Å². The minimum atomic E-state index is 0.106. The van der Waals surface area contributed by atoms with Gasteiger partial charge in [0.15, 0.2) is 5.13 Å². The number of piperazine rings is 1. The predicted molar refractivity (Wildman–Crippen MR) is 96.0 cm³/mol. The fourth-order valence-corrected chi connectivity index (χ4v) is 3.80. The molecule has 4 rings (SSSR count). The first-order valence-electron chi connectivity index (χ1n) is 7.69. The highest BCUT2D eigenvalue weighted by molar-refractivity contribution is 7.16. The fraction of sp³-hybridized carbons (Fsp3) is 0.294. The van der Waals surface area contributed by atoms with Gasteiger partial charge in [-0.05, 0) is 19.2 Å². The third-order valence-corrected chi connectivity index (χ3v) is 5.29. The van der Waals surface area contributed by atoms with Gasteiger partial charge in [0.2, 0.25) is 5.88 Å². The number of rotatable bonds is 2. The molecule has 5 nitrogen and oxygen atoms in total. The van der Waals surface area contributed by atoms with Gasteiger partial charge in [0.25, 0.3) is 0 Å². The van der Waals surface area contributed by atoms with Gasteiger partial charge in [-0.2, -0.15) is 4.98 Å². The smallest absolute Gasteiger partial charge is 0.231 e. The Kier molecular flexibility index (Phi) is 3.63. The maximum atomic E-state index is 10.2. The molecule has 1 aromatic carbocycles. The molecule has 0 bridgehead atoms. The van der Waals surface area contributed by atoms with Crippen molar-refractivity contribution in [3.8, 4) is 5.88 Å². The lowest BCUT2D eigenvalue weighted by molar-refractivity contribution is 0.312. The van der Waals surface area contributed by atoms with Gasteiger partial charge in [0.05, 0.1) is 10.6 Å². The van der Waals surface area contributed by atoms with E-state index in [2.05, 4.69) is 26.8 Å². The molecule has 6 heteroatoms. The number of allylic oxidation sites excluding steroid dienone is 1. The third kappa shape index (κ3) is 2.75. The Morgan fingerprint density at radius 3 is 2.78 bits per heavy atom. The molecular formula is C17H18N4OS. The maximum Gasteiger partial charge on any atom is 0.231 e. The number of hydrogen-bond donors (Lipinski definition) is 1. The largest absolute Gasteiger partial charge is 0.492 e. The SMILES string of the molecule is CN1CCN(c2nc(O)c(/C=C3/C=Nc4ccccc43)s2)CC1. The molecular weight excluding hydrogens is 308 g/mol. The lowest BCUT2D eigenvalue weighted by Crippen LogP contribution is -2.44. The first kappa shape index (κ1) is 14.4. The highest BCUT2D eigenvalue weighted by atomic mass is 32.1. The number of aromatic hydroxyl groups is 1. The van der Waals surface area contributed by atoms with Crippen molar-refractivity contribution in [1.82, 2.24) is 9.88 Å². The standard InChI is InChI=1S/C17H18N4OS/c1-20-6-8-21(9-7-20)17-19-16(22)15(23-17)10-12-11-18-14-5-3-2-4-13(12)14/h2-5,10-11,22H,6-9H2,1H3/b12-10-. The Balaban J connectivity index is 1.61. The van der Waals surface area contributed by atoms with Gasteiger partial charge < -0.3 is 14.9 Å². The van der Waals surface area contributed by atoms with Gasteiger partial charge in [0.1, 0.15) is 0 Å². The quantitative estimate of drug-likeness (QED) is 0.922. The van der Waals surface area contributed by atoms with E-state index >= 15 is 0 Å². The van der Waals surface area contributed by atoms with E-state index in [1.165, 1.54) is 11.3 Å². The molecule has 2 aromatic rings. The van der Waals surface area contributed by atoms with Crippen LogP contribution in [0.5, 0.6) is 5.88 Å². The summed E-state index contributed by atoms with van der Waals surface area (Å²) >= 11 is 1.54. The molecule has 0 radical (unpaired) electrons. The Morgan fingerprint density at radius 2 is 1.96 bits per heavy atom. The number of likely N-dealkylation sites (N-methyl/N-ethyl adjacent to an activating group) is 1. The number of hydrogen-bond acceptors (Lipinski definition) is 6. The molecule has 1 aromatic heterocycles. The van der Waals surface area contributed by atoms with E-state index in [4.69, 9.17) is 0 Å². The molecule has 2 aliphatic heterocycles. The second-order valence-corrected chi connectivity index (χ2v) is 6.86. The lowest BCUT2D eigenvalue weighted by Gasteiger charge is -2.31. The van der Waals surface area contributed by atoms with Crippen molar-refractivity contribution in [3.05, 3.63) is 34.7 Å². The summed E-state index contributed by atoms with van der Waals surface area (Å²) in [6, 6.07) is 8.03. The molecule has 1 saturated heterocycles. The molecule has 3 heterocycles. The Bertz CT molecular complexity index is 788. The number of aliphatic imine (C=N–C) groups is 1. The molecule has 2 aliphatic rings. The molecule has 118 valence electrons. The lowest BCUT2D eigenvalue weighted by atomic mass is 10.1. The van der Waals surface area contributed by atoms with Gasteiger partial charge in [-0.1, -0.05) is 29.5 Å². The van der Waals surface area contributed by atoms with E-state index in [0.29, 0.717) is 0 Å². The number of anilines is 1. The highest BCUT2D eigenvalue weighted by Crippen LogP contribution is 2.37. The van der Waals surface area contributed by atoms with E-state index in [0.717, 1.165) is 53.0 Å². The molecule has 0 spiro atoms. The van der Waals surface area contributed by atoms with Crippen LogP contribution in [-0.4, -0.2) is 54.4 Å². The van der Waals surface area contributed by atoms with Gasteiger partial charge in [-0.25, -0.2) is 0 Å². The van der Waals surface area contributed by atoms with Crippen LogP contribution in [0.1, 0.15) is 10.4 Å². The van der Waals surface area contributed by atoms with E-state index in [-0.39, 0.29) is 5.88 Å². The molecule has 0 amide bonds. The van der Waals surface area contributed by atoms with E-state index in [9.17, 15) is 5.11 Å². The molecule has 0 atom stereocenters. The molecule has 1 N–H and O–H groups in total. The van der Waals surface area contributed by atoms with Gasteiger partial charge in [-0.3, -0.25) is 4.99 Å². The fourth-order valence-electron chi connectivity index (χ4n) is 2.83. The summed E-state index contributed by atoms with van der Waals surface area (Å²) in [5, 5.41) is 11.1. The number of para-hydroxylation sites is 1. The number of nitrogens with zero attached hydrogens (tertiary/aromatic N) is 4. The zero-order valence-corrected chi connectivity index (χ0v) is 13.8. The molecule has 1 fully saturated rings. The summed E-state index contributed by atoms with van der Waals surface area (Å²) in [4.78, 5) is 14.1. The van der Waals surface area contributed by atoms with Crippen molar-refractivity contribution >= 4 is 40.0 Å². The summed E-state index contributed by atoms with van der Waals surface area (Å²) in [6.45, 7) is 3.95. The zero-order valence-electron chi connectivity index (χ0n) is 12.9. The monoisotopic (exact) mass is 326 g/mol. The van der Waals surface area contributed by atoms with Gasteiger partial charge >= 0.3 is 0 Å². The summed E-state index contributed by atoms with van der Waals surface area (Å²) in [5.41, 5.74) is 3.09. The molecule has 0 unspecified atom stereocenters. The third-order valence-electron chi connectivity index (χ3n) is 4.24. The van der Waals surface area contributed by atoms with Crippen LogP contribution in [0.25, 0.3) is 11.6 Å². The van der Waals surface area contributed by atoms with E-state index in [1.54, 1.807) is 0 Å². The van der Waals surface area contributed by atoms with Crippen LogP contribution in [0.2, 0.25) is 0 Å². The number of benzene rings is 1. The molecule has 0 saturated carbocycles. The molecule has 0 aliphatic carbocycles. The van der Waals surface area contributed by atoms with Crippen molar-refractivity contribution in [3.63, 3.8) is 0 Å². The van der Waals surface area contributed by atoms with Crippen LogP contribution in [0, 0.1) is 0 Å². The topological polar surface area (TPSA) is 52.0 Å². The molecule has 23 heavy (non-hydrogen) atoms. The highest BCUT2D eigenvalue weighted by Gasteiger charge is 2.20. The van der Waals surface area contributed by atoms with Crippen molar-refractivity contribution in [2.45, 2.75) is 0 Å². The van der Waals surface area contributed by atoms with Crippen molar-refractivity contribution in [2.75, 3.05) is 38.1 Å². The van der Waals surface area contributed by atoms with E-state index < -0.39 is 0 Å². The maximum absolute atomic E-state index is 10.2. The van der Waals surface area contributed by atoms with Crippen LogP contribution in [0.4, 0.5) is 10.8 Å². The van der Waals surface area contributed by atoms with E-state index in [1.807, 2.05) is 36.6 Å². The second-order valence-electron chi connectivity index (χ2n) is 5.85. The average molecular weight is 326 g/mol. The van der Waals surface area contributed by atoms with Crippen molar-refractivity contribution < 1.29 is 5.11 Å². The zero-order chi connectivity index (χ0) is 15.8. The van der Waals surface area contributed by atoms with Crippen LogP contribution in [-0.2, 0) is 0 Å². The summed E-state index contributed by atoms with van der Waals surface area (Å²) in [6.07, 6.45) is 3.82. The Hall–Kier alpha value is -2.18. The second kappa shape index (κ2) is 5.79. The number of aromatic nitrogens is 1.